The van der Waals surface area contributed by atoms with Gasteiger partial charge in [0.15, 0.2) is 0 Å². The van der Waals surface area contributed by atoms with E-state index in [1.807, 2.05) is 11.0 Å². The number of non-ortho nitro benzene ring substituents is 1. The number of aromatic nitrogens is 2. The van der Waals surface area contributed by atoms with Gasteiger partial charge in [0.25, 0.3) is 17.2 Å². The second-order valence-electron chi connectivity index (χ2n) is 9.60. The first-order valence-corrected chi connectivity index (χ1v) is 12.9. The summed E-state index contributed by atoms with van der Waals surface area (Å²) in [6.07, 6.45) is 0.691. The predicted molar refractivity (Wildman–Crippen MR) is 145 cm³/mol. The Bertz CT molecular complexity index is 1340. The molecule has 0 radical (unpaired) electrons. The Morgan fingerprint density at radius 2 is 1.66 bits per heavy atom. The molecule has 2 aromatic carbocycles. The summed E-state index contributed by atoms with van der Waals surface area (Å²) in [6, 6.07) is 17.7. The lowest BCUT2D eigenvalue weighted by molar-refractivity contribution is -0.384. The Balaban J connectivity index is 1.20. The molecule has 198 valence electrons. The van der Waals surface area contributed by atoms with E-state index in [1.54, 1.807) is 17.0 Å². The molecule has 11 heteroatoms. The molecule has 1 amide bonds. The van der Waals surface area contributed by atoms with Crippen LogP contribution < -0.4 is 15.4 Å². The summed E-state index contributed by atoms with van der Waals surface area (Å²) >= 11 is 0. The molecule has 0 aliphatic carbocycles. The van der Waals surface area contributed by atoms with Gasteiger partial charge in [0, 0.05) is 88.4 Å². The number of carbonyl (C=O) groups is 1. The van der Waals surface area contributed by atoms with Gasteiger partial charge in [-0.25, -0.2) is 4.98 Å². The summed E-state index contributed by atoms with van der Waals surface area (Å²) in [5.41, 5.74) is 1.95. The third kappa shape index (κ3) is 6.00. The van der Waals surface area contributed by atoms with Gasteiger partial charge < -0.3 is 14.7 Å². The number of nitro groups is 1. The topological polar surface area (TPSA) is 119 Å². The van der Waals surface area contributed by atoms with Crippen LogP contribution in [-0.4, -0.2) is 83.0 Å². The van der Waals surface area contributed by atoms with E-state index in [0.29, 0.717) is 50.7 Å². The molecule has 2 fully saturated rings. The molecule has 1 N–H and O–H groups in total. The van der Waals surface area contributed by atoms with E-state index in [-0.39, 0.29) is 17.2 Å². The van der Waals surface area contributed by atoms with Crippen molar-refractivity contribution in [3.05, 3.63) is 92.4 Å². The first kappa shape index (κ1) is 25.4. The van der Waals surface area contributed by atoms with Crippen LogP contribution in [0.25, 0.3) is 0 Å². The maximum Gasteiger partial charge on any atom is 0.270 e. The molecule has 3 aromatic rings. The first-order chi connectivity index (χ1) is 18.5. The largest absolute Gasteiger partial charge is 0.369 e. The smallest absolute Gasteiger partial charge is 0.270 e. The highest BCUT2D eigenvalue weighted by atomic mass is 16.6. The Hall–Kier alpha value is -4.25. The van der Waals surface area contributed by atoms with Crippen molar-refractivity contribution in [2.45, 2.75) is 13.0 Å². The van der Waals surface area contributed by atoms with Crippen LogP contribution >= 0.6 is 0 Å². The lowest BCUT2D eigenvalue weighted by Gasteiger charge is -2.36. The second-order valence-corrected chi connectivity index (χ2v) is 9.60. The highest BCUT2D eigenvalue weighted by Gasteiger charge is 2.24. The zero-order chi connectivity index (χ0) is 26.5. The zero-order valence-corrected chi connectivity index (χ0v) is 21.2. The Kier molecular flexibility index (Phi) is 7.64. The number of benzene rings is 2. The molecule has 0 atom stereocenters. The highest BCUT2D eigenvalue weighted by Crippen LogP contribution is 2.19. The Morgan fingerprint density at radius 1 is 0.895 bits per heavy atom. The van der Waals surface area contributed by atoms with Crippen LogP contribution in [0.15, 0.2) is 65.5 Å². The molecule has 2 aliphatic heterocycles. The molecule has 0 spiro atoms. The van der Waals surface area contributed by atoms with Gasteiger partial charge in [-0.3, -0.25) is 29.6 Å². The van der Waals surface area contributed by atoms with Gasteiger partial charge in [0.05, 0.1) is 10.6 Å². The van der Waals surface area contributed by atoms with Crippen LogP contribution in [-0.2, 0) is 6.54 Å². The van der Waals surface area contributed by atoms with E-state index < -0.39 is 4.92 Å². The number of rotatable bonds is 6. The molecule has 0 unspecified atom stereocenters. The van der Waals surface area contributed by atoms with Gasteiger partial charge in [-0.2, -0.15) is 0 Å². The number of piperazine rings is 1. The van der Waals surface area contributed by atoms with Gasteiger partial charge in [0.1, 0.15) is 0 Å². The standard InChI is InChI=1S/C27H31N7O4/c35-25-19-22(20-30-12-14-31(15-13-30)23-7-2-1-3-8-23)28-27(29-25)33-11-5-10-32(16-17-33)26(36)21-6-4-9-24(18-21)34(37)38/h1-4,6-9,18-19H,5,10-17,20H2,(H,28,29,35). The summed E-state index contributed by atoms with van der Waals surface area (Å²) in [7, 11) is 0. The second kappa shape index (κ2) is 11.4. The first-order valence-electron chi connectivity index (χ1n) is 12.9. The number of H-pyrrole nitrogens is 1. The fraction of sp³-hybridized carbons (Fsp3) is 0.370. The number of aromatic amines is 1. The van der Waals surface area contributed by atoms with Gasteiger partial charge in [-0.05, 0) is 24.6 Å². The van der Waals surface area contributed by atoms with Crippen LogP contribution in [0.3, 0.4) is 0 Å². The summed E-state index contributed by atoms with van der Waals surface area (Å²) in [5, 5.41) is 11.1. The van der Waals surface area contributed by atoms with Gasteiger partial charge >= 0.3 is 0 Å². The molecule has 38 heavy (non-hydrogen) atoms. The number of nitrogens with one attached hydrogen (secondary N) is 1. The third-order valence-electron chi connectivity index (χ3n) is 7.05. The molecule has 2 aliphatic rings. The molecular weight excluding hydrogens is 486 g/mol. The van der Waals surface area contributed by atoms with E-state index in [4.69, 9.17) is 4.98 Å². The average molecular weight is 518 g/mol. The normalized spacial score (nSPS) is 16.8. The molecular formula is C27H31N7O4. The van der Waals surface area contributed by atoms with Gasteiger partial charge in [-0.15, -0.1) is 0 Å². The SMILES string of the molecule is O=C(c1cccc([N+](=O)[O-])c1)N1CCCN(c2nc(CN3CCN(c4ccccc4)CC3)cc(=O)[nH]2)CC1. The predicted octanol–water partition coefficient (Wildman–Crippen LogP) is 2.35. The summed E-state index contributed by atoms with van der Waals surface area (Å²) in [5.74, 6) is 0.278. The fourth-order valence-corrected chi connectivity index (χ4v) is 5.02. The molecule has 11 nitrogen and oxygen atoms in total. The third-order valence-corrected chi connectivity index (χ3v) is 7.05. The van der Waals surface area contributed by atoms with Gasteiger partial charge in [0.2, 0.25) is 5.95 Å². The van der Waals surface area contributed by atoms with Crippen LogP contribution in [0.2, 0.25) is 0 Å². The van der Waals surface area contributed by atoms with Crippen molar-refractivity contribution in [1.82, 2.24) is 19.8 Å². The van der Waals surface area contributed by atoms with Crippen molar-refractivity contribution in [2.24, 2.45) is 0 Å². The minimum Gasteiger partial charge on any atom is -0.369 e. The number of carbonyl (C=O) groups excluding carboxylic acids is 1. The fourth-order valence-electron chi connectivity index (χ4n) is 5.02. The van der Waals surface area contributed by atoms with Crippen molar-refractivity contribution in [1.29, 1.82) is 0 Å². The lowest BCUT2D eigenvalue weighted by Crippen LogP contribution is -2.46. The number of amides is 1. The molecule has 5 rings (SSSR count). The number of hydrogen-bond acceptors (Lipinski definition) is 8. The average Bonchev–Trinajstić information content (AvgIpc) is 3.20. The van der Waals surface area contributed by atoms with E-state index >= 15 is 0 Å². The molecule has 2 saturated heterocycles. The zero-order valence-electron chi connectivity index (χ0n) is 21.2. The number of anilines is 2. The number of hydrogen-bond donors (Lipinski definition) is 1. The summed E-state index contributed by atoms with van der Waals surface area (Å²) in [6.45, 7) is 6.30. The number of para-hydroxylation sites is 1. The van der Waals surface area contributed by atoms with Crippen LogP contribution in [0.1, 0.15) is 22.5 Å². The van der Waals surface area contributed by atoms with E-state index in [1.165, 1.54) is 23.9 Å². The Labute approximate surface area is 220 Å². The Morgan fingerprint density at radius 3 is 2.42 bits per heavy atom. The molecule has 0 bridgehead atoms. The molecule has 3 heterocycles. The van der Waals surface area contributed by atoms with Crippen molar-refractivity contribution < 1.29 is 9.72 Å². The van der Waals surface area contributed by atoms with E-state index in [9.17, 15) is 19.7 Å². The van der Waals surface area contributed by atoms with Crippen LogP contribution in [0.5, 0.6) is 0 Å². The number of nitrogens with zero attached hydrogens (tertiary/aromatic N) is 6. The summed E-state index contributed by atoms with van der Waals surface area (Å²) in [4.78, 5) is 52.1. The van der Waals surface area contributed by atoms with Gasteiger partial charge in [-0.1, -0.05) is 24.3 Å². The van der Waals surface area contributed by atoms with Crippen molar-refractivity contribution in [3.8, 4) is 0 Å². The van der Waals surface area contributed by atoms with Crippen LogP contribution in [0, 0.1) is 10.1 Å². The van der Waals surface area contributed by atoms with Crippen LogP contribution in [0.4, 0.5) is 17.3 Å². The highest BCUT2D eigenvalue weighted by molar-refractivity contribution is 5.94. The minimum absolute atomic E-state index is 0.104. The monoisotopic (exact) mass is 517 g/mol. The summed E-state index contributed by atoms with van der Waals surface area (Å²) < 4.78 is 0. The lowest BCUT2D eigenvalue weighted by atomic mass is 10.1. The van der Waals surface area contributed by atoms with E-state index in [2.05, 4.69) is 39.0 Å². The molecule has 1 aromatic heterocycles. The van der Waals surface area contributed by atoms with Crippen molar-refractivity contribution in [3.63, 3.8) is 0 Å². The van der Waals surface area contributed by atoms with Crippen molar-refractivity contribution in [2.75, 3.05) is 62.2 Å². The van der Waals surface area contributed by atoms with Crippen molar-refractivity contribution >= 4 is 23.2 Å². The molecule has 0 saturated carbocycles. The maximum atomic E-state index is 13.0. The maximum absolute atomic E-state index is 13.0. The van der Waals surface area contributed by atoms with E-state index in [0.717, 1.165) is 31.9 Å². The number of nitro benzene ring substituents is 1. The quantitative estimate of drug-likeness (QED) is 0.391. The minimum atomic E-state index is -0.501.